The second-order valence-electron chi connectivity index (χ2n) is 11.0. The Morgan fingerprint density at radius 3 is 1.02 bits per heavy atom. The molecule has 0 unspecified atom stereocenters. The third kappa shape index (κ3) is 5.84. The molecule has 0 spiro atoms. The van der Waals surface area contributed by atoms with E-state index < -0.39 is 0 Å². The molecule has 0 fully saturated rings. The van der Waals surface area contributed by atoms with E-state index in [1.165, 1.54) is 0 Å². The summed E-state index contributed by atoms with van der Waals surface area (Å²) in [6.45, 7) is 0. The summed E-state index contributed by atoms with van der Waals surface area (Å²) < 4.78 is 0. The van der Waals surface area contributed by atoms with E-state index in [4.69, 9.17) is 29.9 Å². The second kappa shape index (κ2) is 12.9. The van der Waals surface area contributed by atoms with Crippen LogP contribution in [0.25, 0.3) is 79.5 Å². The normalized spacial score (nSPS) is 10.9. The van der Waals surface area contributed by atoms with Crippen molar-refractivity contribution in [3.63, 3.8) is 0 Å². The van der Waals surface area contributed by atoms with Gasteiger partial charge in [-0.3, -0.25) is 4.98 Å². The Morgan fingerprint density at radius 2 is 0.604 bits per heavy atom. The molecule has 8 aromatic rings. The summed E-state index contributed by atoms with van der Waals surface area (Å²) in [5.41, 5.74) is 6.99. The molecule has 0 bridgehead atoms. The molecule has 3 aromatic heterocycles. The number of benzene rings is 5. The molecule has 0 N–H and O–H groups in total. The zero-order valence-corrected chi connectivity index (χ0v) is 25.7. The van der Waals surface area contributed by atoms with Crippen molar-refractivity contribution >= 4 is 0 Å². The van der Waals surface area contributed by atoms with E-state index in [1.807, 2.05) is 146 Å². The fraction of sp³-hybridized carbons (Fsp3) is 0. The van der Waals surface area contributed by atoms with Crippen molar-refractivity contribution in [2.45, 2.75) is 0 Å². The van der Waals surface area contributed by atoms with Crippen molar-refractivity contribution in [3.05, 3.63) is 164 Å². The van der Waals surface area contributed by atoms with Gasteiger partial charge in [0.15, 0.2) is 34.9 Å². The Hall–Kier alpha value is -6.73. The Balaban J connectivity index is 1.43. The second-order valence-corrected chi connectivity index (χ2v) is 11.0. The summed E-state index contributed by atoms with van der Waals surface area (Å²) in [7, 11) is 0. The highest BCUT2D eigenvalue weighted by Crippen LogP contribution is 2.39. The monoisotopic (exact) mass is 617 g/mol. The summed E-state index contributed by atoms with van der Waals surface area (Å²) in [6.07, 6.45) is 3.57. The molecular formula is C41H27N7. The van der Waals surface area contributed by atoms with Gasteiger partial charge in [0.1, 0.15) is 0 Å². The highest BCUT2D eigenvalue weighted by atomic mass is 15.1. The maximum Gasteiger partial charge on any atom is 0.165 e. The van der Waals surface area contributed by atoms with Gasteiger partial charge in [-0.15, -0.1) is 0 Å². The molecule has 8 rings (SSSR count). The van der Waals surface area contributed by atoms with Crippen molar-refractivity contribution in [3.8, 4) is 79.5 Å². The van der Waals surface area contributed by atoms with Gasteiger partial charge in [0, 0.05) is 45.8 Å². The number of rotatable bonds is 7. The van der Waals surface area contributed by atoms with Crippen LogP contribution in [0.3, 0.4) is 0 Å². The van der Waals surface area contributed by atoms with Crippen LogP contribution in [0.1, 0.15) is 0 Å². The molecule has 0 aliphatic carbocycles. The van der Waals surface area contributed by atoms with Gasteiger partial charge in [-0.05, 0) is 23.3 Å². The van der Waals surface area contributed by atoms with Crippen molar-refractivity contribution < 1.29 is 0 Å². The molecule has 0 saturated carbocycles. The lowest BCUT2D eigenvalue weighted by Gasteiger charge is -2.16. The molecule has 0 atom stereocenters. The molecule has 0 aliphatic rings. The predicted molar refractivity (Wildman–Crippen MR) is 189 cm³/mol. The van der Waals surface area contributed by atoms with Crippen LogP contribution in [0.4, 0.5) is 0 Å². The van der Waals surface area contributed by atoms with E-state index in [1.54, 1.807) is 12.4 Å². The van der Waals surface area contributed by atoms with E-state index in [0.29, 0.717) is 34.9 Å². The minimum Gasteiger partial charge on any atom is -0.265 e. The molecule has 7 nitrogen and oxygen atoms in total. The van der Waals surface area contributed by atoms with Crippen LogP contribution in [0, 0.1) is 0 Å². The van der Waals surface area contributed by atoms with Crippen LogP contribution in [0.15, 0.2) is 164 Å². The zero-order valence-electron chi connectivity index (χ0n) is 25.7. The first kappa shape index (κ1) is 28.7. The number of hydrogen-bond donors (Lipinski definition) is 0. The van der Waals surface area contributed by atoms with Gasteiger partial charge in [0.2, 0.25) is 0 Å². The number of aromatic nitrogens is 7. The van der Waals surface area contributed by atoms with Crippen molar-refractivity contribution in [1.82, 2.24) is 34.9 Å². The van der Waals surface area contributed by atoms with E-state index >= 15 is 0 Å². The Morgan fingerprint density at radius 1 is 0.250 bits per heavy atom. The van der Waals surface area contributed by atoms with Gasteiger partial charge in [0.05, 0.1) is 0 Å². The molecule has 226 valence electrons. The van der Waals surface area contributed by atoms with E-state index in [-0.39, 0.29) is 0 Å². The molecule has 0 radical (unpaired) electrons. The van der Waals surface area contributed by atoms with Crippen molar-refractivity contribution in [1.29, 1.82) is 0 Å². The third-order valence-corrected chi connectivity index (χ3v) is 7.92. The summed E-state index contributed by atoms with van der Waals surface area (Å²) in [5, 5.41) is 0. The first-order chi connectivity index (χ1) is 23.8. The topological polar surface area (TPSA) is 90.2 Å². The van der Waals surface area contributed by atoms with Crippen LogP contribution in [-0.2, 0) is 0 Å². The minimum atomic E-state index is 0.507. The maximum absolute atomic E-state index is 5.12. The van der Waals surface area contributed by atoms with E-state index in [2.05, 4.69) is 11.1 Å². The summed E-state index contributed by atoms with van der Waals surface area (Å²) in [4.78, 5) is 34.5. The van der Waals surface area contributed by atoms with Gasteiger partial charge in [-0.1, -0.05) is 140 Å². The SMILES string of the molecule is c1ccc(-c2nc(-c3ccccc3)nc(-c3cccc(-c4ccncc4)c3-c3nc(-c4ccccc4)nc(-c4ccccc4)n3)n2)cc1. The van der Waals surface area contributed by atoms with Gasteiger partial charge in [-0.25, -0.2) is 29.9 Å². The zero-order chi connectivity index (χ0) is 32.1. The smallest absolute Gasteiger partial charge is 0.165 e. The Labute approximate surface area is 277 Å². The lowest BCUT2D eigenvalue weighted by atomic mass is 9.94. The average Bonchev–Trinajstić information content (AvgIpc) is 3.19. The lowest BCUT2D eigenvalue weighted by Crippen LogP contribution is -2.05. The maximum atomic E-state index is 5.12. The fourth-order valence-electron chi connectivity index (χ4n) is 5.60. The van der Waals surface area contributed by atoms with E-state index in [0.717, 1.165) is 44.5 Å². The number of nitrogens with zero attached hydrogens (tertiary/aromatic N) is 7. The van der Waals surface area contributed by atoms with Crippen LogP contribution < -0.4 is 0 Å². The van der Waals surface area contributed by atoms with Crippen LogP contribution in [0.5, 0.6) is 0 Å². The summed E-state index contributed by atoms with van der Waals surface area (Å²) in [5.74, 6) is 3.31. The molecule has 0 amide bonds. The van der Waals surface area contributed by atoms with Gasteiger partial charge >= 0.3 is 0 Å². The molecule has 7 heteroatoms. The molecular weight excluding hydrogens is 591 g/mol. The Bertz CT molecular complexity index is 2200. The van der Waals surface area contributed by atoms with Crippen LogP contribution >= 0.6 is 0 Å². The third-order valence-electron chi connectivity index (χ3n) is 7.92. The van der Waals surface area contributed by atoms with E-state index in [9.17, 15) is 0 Å². The average molecular weight is 618 g/mol. The van der Waals surface area contributed by atoms with Crippen molar-refractivity contribution in [2.75, 3.05) is 0 Å². The van der Waals surface area contributed by atoms with Crippen molar-refractivity contribution in [2.24, 2.45) is 0 Å². The van der Waals surface area contributed by atoms with Gasteiger partial charge in [0.25, 0.3) is 0 Å². The highest BCUT2D eigenvalue weighted by molar-refractivity contribution is 5.91. The number of pyridine rings is 1. The van der Waals surface area contributed by atoms with Gasteiger partial charge < -0.3 is 0 Å². The van der Waals surface area contributed by atoms with Crippen LogP contribution in [0.2, 0.25) is 0 Å². The summed E-state index contributed by atoms with van der Waals surface area (Å²) in [6, 6.07) is 49.9. The first-order valence-corrected chi connectivity index (χ1v) is 15.6. The quantitative estimate of drug-likeness (QED) is 0.176. The predicted octanol–water partition coefficient (Wildman–Crippen LogP) is 9.12. The fourth-order valence-corrected chi connectivity index (χ4v) is 5.60. The largest absolute Gasteiger partial charge is 0.265 e. The van der Waals surface area contributed by atoms with Crippen LogP contribution in [-0.4, -0.2) is 34.9 Å². The minimum absolute atomic E-state index is 0.507. The highest BCUT2D eigenvalue weighted by Gasteiger charge is 2.22. The molecule has 48 heavy (non-hydrogen) atoms. The Kier molecular flexibility index (Phi) is 7.74. The summed E-state index contributed by atoms with van der Waals surface area (Å²) >= 11 is 0. The molecule has 3 heterocycles. The lowest BCUT2D eigenvalue weighted by molar-refractivity contribution is 1.06. The molecule has 0 saturated heterocycles. The first-order valence-electron chi connectivity index (χ1n) is 15.6. The standard InChI is InChI=1S/C41H27N7/c1-5-14-29(15-6-1)36-43-37(30-16-7-2-8-17-30)46-40(45-36)34-23-13-22-33(28-24-26-42-27-25-28)35(34)41-47-38(31-18-9-3-10-19-31)44-39(48-41)32-20-11-4-12-21-32/h1-27H. The van der Waals surface area contributed by atoms with Gasteiger partial charge in [-0.2, -0.15) is 0 Å². The molecule has 5 aromatic carbocycles. The molecule has 0 aliphatic heterocycles. The number of hydrogen-bond acceptors (Lipinski definition) is 7.